The van der Waals surface area contributed by atoms with Gasteiger partial charge in [0.1, 0.15) is 5.82 Å². The van der Waals surface area contributed by atoms with E-state index in [9.17, 15) is 9.18 Å². The summed E-state index contributed by atoms with van der Waals surface area (Å²) in [6, 6.07) is 6.52. The van der Waals surface area contributed by atoms with Gasteiger partial charge < -0.3 is 15.1 Å². The molecule has 0 atom stereocenters. The van der Waals surface area contributed by atoms with E-state index in [1.165, 1.54) is 12.1 Å². The van der Waals surface area contributed by atoms with Gasteiger partial charge in [0.15, 0.2) is 0 Å². The first-order chi connectivity index (χ1) is 9.20. The van der Waals surface area contributed by atoms with Crippen molar-refractivity contribution in [1.82, 2.24) is 10.2 Å². The number of halogens is 1. The highest BCUT2D eigenvalue weighted by molar-refractivity contribution is 5.76. The summed E-state index contributed by atoms with van der Waals surface area (Å²) >= 11 is 0. The predicted molar refractivity (Wildman–Crippen MR) is 73.7 cm³/mol. The zero-order chi connectivity index (χ0) is 13.7. The minimum atomic E-state index is -0.218. The summed E-state index contributed by atoms with van der Waals surface area (Å²) < 4.78 is 12.9. The van der Waals surface area contributed by atoms with E-state index in [4.69, 9.17) is 0 Å². The van der Waals surface area contributed by atoms with E-state index in [-0.39, 0.29) is 11.7 Å². The molecule has 5 heteroatoms. The SMILES string of the molecule is CNCCC(=O)N1CCN(c2ccc(F)cc2)CC1. The van der Waals surface area contributed by atoms with Crippen molar-refractivity contribution >= 4 is 11.6 Å². The van der Waals surface area contributed by atoms with Crippen LogP contribution >= 0.6 is 0 Å². The number of anilines is 1. The average Bonchev–Trinajstić information content (AvgIpc) is 2.46. The molecule has 1 fully saturated rings. The van der Waals surface area contributed by atoms with Crippen molar-refractivity contribution in [2.24, 2.45) is 0 Å². The topological polar surface area (TPSA) is 35.6 Å². The van der Waals surface area contributed by atoms with Crippen LogP contribution in [0.2, 0.25) is 0 Å². The number of hydrogen-bond donors (Lipinski definition) is 1. The summed E-state index contributed by atoms with van der Waals surface area (Å²) in [5.41, 5.74) is 1.02. The summed E-state index contributed by atoms with van der Waals surface area (Å²) in [5, 5.41) is 2.98. The van der Waals surface area contributed by atoms with Gasteiger partial charge in [-0.2, -0.15) is 0 Å². The van der Waals surface area contributed by atoms with E-state index in [1.54, 1.807) is 12.1 Å². The number of nitrogens with one attached hydrogen (secondary N) is 1. The molecule has 4 nitrogen and oxygen atoms in total. The third kappa shape index (κ3) is 3.67. The first-order valence-corrected chi connectivity index (χ1v) is 6.63. The van der Waals surface area contributed by atoms with Gasteiger partial charge in [-0.15, -0.1) is 0 Å². The first-order valence-electron chi connectivity index (χ1n) is 6.63. The van der Waals surface area contributed by atoms with Crippen LogP contribution in [0.25, 0.3) is 0 Å². The molecule has 1 saturated heterocycles. The van der Waals surface area contributed by atoms with Crippen molar-refractivity contribution in [1.29, 1.82) is 0 Å². The Morgan fingerprint density at radius 1 is 1.21 bits per heavy atom. The fourth-order valence-electron chi connectivity index (χ4n) is 2.26. The Labute approximate surface area is 113 Å². The Morgan fingerprint density at radius 3 is 2.42 bits per heavy atom. The molecular weight excluding hydrogens is 245 g/mol. The zero-order valence-electron chi connectivity index (χ0n) is 11.2. The standard InChI is InChI=1S/C14H20FN3O/c1-16-7-6-14(19)18-10-8-17(9-11-18)13-4-2-12(15)3-5-13/h2-5,16H,6-11H2,1H3. The van der Waals surface area contributed by atoms with Crippen molar-refractivity contribution in [3.8, 4) is 0 Å². The van der Waals surface area contributed by atoms with Crippen molar-refractivity contribution in [2.45, 2.75) is 6.42 Å². The van der Waals surface area contributed by atoms with Crippen molar-refractivity contribution < 1.29 is 9.18 Å². The van der Waals surface area contributed by atoms with Gasteiger partial charge >= 0.3 is 0 Å². The molecule has 19 heavy (non-hydrogen) atoms. The lowest BCUT2D eigenvalue weighted by Gasteiger charge is -2.36. The molecule has 1 aromatic carbocycles. The molecular formula is C14H20FN3O. The summed E-state index contributed by atoms with van der Waals surface area (Å²) in [5.74, 6) is -0.0160. The Kier molecular flexibility index (Phi) is 4.74. The van der Waals surface area contributed by atoms with Crippen LogP contribution in [-0.4, -0.2) is 50.6 Å². The van der Waals surface area contributed by atoms with Crippen molar-refractivity contribution in [3.63, 3.8) is 0 Å². The molecule has 1 aliphatic rings. The van der Waals surface area contributed by atoms with Crippen LogP contribution in [0.15, 0.2) is 24.3 Å². The lowest BCUT2D eigenvalue weighted by Crippen LogP contribution is -2.49. The van der Waals surface area contributed by atoms with Crippen LogP contribution in [0.4, 0.5) is 10.1 Å². The van der Waals surface area contributed by atoms with Crippen LogP contribution in [-0.2, 0) is 4.79 Å². The summed E-state index contributed by atoms with van der Waals surface area (Å²) in [4.78, 5) is 15.9. The van der Waals surface area contributed by atoms with Gasteiger partial charge in [-0.1, -0.05) is 0 Å². The molecule has 104 valence electrons. The third-order valence-corrected chi connectivity index (χ3v) is 3.41. The van der Waals surface area contributed by atoms with Crippen LogP contribution in [0, 0.1) is 5.82 Å². The molecule has 2 rings (SSSR count). The second-order valence-electron chi connectivity index (χ2n) is 4.70. The lowest BCUT2D eigenvalue weighted by atomic mass is 10.2. The van der Waals surface area contributed by atoms with E-state index < -0.39 is 0 Å². The van der Waals surface area contributed by atoms with Gasteiger partial charge in [0, 0.05) is 44.8 Å². The van der Waals surface area contributed by atoms with Crippen molar-refractivity contribution in [2.75, 3.05) is 44.7 Å². The highest BCUT2D eigenvalue weighted by Crippen LogP contribution is 2.17. The zero-order valence-corrected chi connectivity index (χ0v) is 11.2. The van der Waals surface area contributed by atoms with E-state index in [1.807, 2.05) is 11.9 Å². The molecule has 0 aromatic heterocycles. The molecule has 0 radical (unpaired) electrons. The first kappa shape index (κ1) is 13.8. The van der Waals surface area contributed by atoms with Gasteiger partial charge in [0.05, 0.1) is 0 Å². The van der Waals surface area contributed by atoms with Gasteiger partial charge in [-0.3, -0.25) is 4.79 Å². The number of nitrogens with zero attached hydrogens (tertiary/aromatic N) is 2. The van der Waals surface area contributed by atoms with Gasteiger partial charge in [0.2, 0.25) is 5.91 Å². The van der Waals surface area contributed by atoms with Gasteiger partial charge in [-0.25, -0.2) is 4.39 Å². The quantitative estimate of drug-likeness (QED) is 0.885. The molecule has 0 unspecified atom stereocenters. The predicted octanol–water partition coefficient (Wildman–Crippen LogP) is 1.08. The van der Waals surface area contributed by atoms with E-state index in [0.29, 0.717) is 6.42 Å². The van der Waals surface area contributed by atoms with E-state index >= 15 is 0 Å². The molecule has 0 saturated carbocycles. The summed E-state index contributed by atoms with van der Waals surface area (Å²) in [6.07, 6.45) is 0.549. The number of carbonyl (C=O) groups is 1. The largest absolute Gasteiger partial charge is 0.368 e. The molecule has 0 spiro atoms. The number of amides is 1. The normalized spacial score (nSPS) is 15.7. The minimum Gasteiger partial charge on any atom is -0.368 e. The van der Waals surface area contributed by atoms with Crippen LogP contribution < -0.4 is 10.2 Å². The second-order valence-corrected chi connectivity index (χ2v) is 4.70. The van der Waals surface area contributed by atoms with E-state index in [2.05, 4.69) is 10.2 Å². The highest BCUT2D eigenvalue weighted by atomic mass is 19.1. The maximum Gasteiger partial charge on any atom is 0.223 e. The number of hydrogen-bond acceptors (Lipinski definition) is 3. The van der Waals surface area contributed by atoms with E-state index in [0.717, 1.165) is 38.4 Å². The lowest BCUT2D eigenvalue weighted by molar-refractivity contribution is -0.131. The molecule has 1 amide bonds. The molecule has 1 aromatic rings. The number of rotatable bonds is 4. The maximum absolute atomic E-state index is 12.9. The Morgan fingerprint density at radius 2 is 1.84 bits per heavy atom. The number of carbonyl (C=O) groups excluding carboxylic acids is 1. The Bertz CT molecular complexity index is 413. The monoisotopic (exact) mass is 265 g/mol. The minimum absolute atomic E-state index is 0.202. The van der Waals surface area contributed by atoms with Crippen LogP contribution in [0.3, 0.4) is 0 Å². The molecule has 0 bridgehead atoms. The summed E-state index contributed by atoms with van der Waals surface area (Å²) in [6.45, 7) is 3.80. The summed E-state index contributed by atoms with van der Waals surface area (Å²) in [7, 11) is 1.85. The Balaban J connectivity index is 1.85. The van der Waals surface area contributed by atoms with Gasteiger partial charge in [0.25, 0.3) is 0 Å². The van der Waals surface area contributed by atoms with Crippen LogP contribution in [0.1, 0.15) is 6.42 Å². The number of piperazine rings is 1. The molecule has 1 N–H and O–H groups in total. The fraction of sp³-hybridized carbons (Fsp3) is 0.500. The molecule has 1 aliphatic heterocycles. The second kappa shape index (κ2) is 6.52. The van der Waals surface area contributed by atoms with Crippen LogP contribution in [0.5, 0.6) is 0 Å². The maximum atomic E-state index is 12.9. The highest BCUT2D eigenvalue weighted by Gasteiger charge is 2.20. The Hall–Kier alpha value is -1.62. The number of benzene rings is 1. The van der Waals surface area contributed by atoms with Gasteiger partial charge in [-0.05, 0) is 31.3 Å². The average molecular weight is 265 g/mol. The molecule has 1 heterocycles. The molecule has 0 aliphatic carbocycles. The fourth-order valence-corrected chi connectivity index (χ4v) is 2.26. The van der Waals surface area contributed by atoms with Crippen molar-refractivity contribution in [3.05, 3.63) is 30.1 Å². The third-order valence-electron chi connectivity index (χ3n) is 3.41. The smallest absolute Gasteiger partial charge is 0.223 e.